The quantitative estimate of drug-likeness (QED) is 0.731. The van der Waals surface area contributed by atoms with E-state index in [9.17, 15) is 0 Å². The first kappa shape index (κ1) is 14.1. The maximum atomic E-state index is 5.46. The summed E-state index contributed by atoms with van der Waals surface area (Å²) in [6.07, 6.45) is 1.64. The minimum atomic E-state index is 0.433. The number of halogens is 1. The van der Waals surface area contributed by atoms with Crippen LogP contribution < -0.4 is 10.1 Å². The Morgan fingerprint density at radius 3 is 2.76 bits per heavy atom. The van der Waals surface area contributed by atoms with Crippen LogP contribution in [0.3, 0.4) is 0 Å². The first-order valence-electron chi connectivity index (χ1n) is 5.17. The highest BCUT2D eigenvalue weighted by Crippen LogP contribution is 2.22. The van der Waals surface area contributed by atoms with E-state index in [1.54, 1.807) is 20.4 Å². The van der Waals surface area contributed by atoms with Gasteiger partial charge in [0.2, 0.25) is 11.8 Å². The molecule has 0 fully saturated rings. The van der Waals surface area contributed by atoms with E-state index in [-0.39, 0.29) is 0 Å². The smallest absolute Gasteiger partial charge is 0.232 e. The Hall–Kier alpha value is -0.920. The molecular weight excluding hydrogens is 290 g/mol. The van der Waals surface area contributed by atoms with Crippen molar-refractivity contribution in [1.29, 1.82) is 0 Å². The summed E-state index contributed by atoms with van der Waals surface area (Å²) >= 11 is 3.32. The molecule has 0 radical (unpaired) electrons. The Morgan fingerprint density at radius 2 is 2.06 bits per heavy atom. The summed E-state index contributed by atoms with van der Waals surface area (Å²) < 4.78 is 16.3. The van der Waals surface area contributed by atoms with Crippen molar-refractivity contribution in [3.63, 3.8) is 0 Å². The van der Waals surface area contributed by atoms with Crippen LogP contribution in [0.25, 0.3) is 0 Å². The third-order valence-electron chi connectivity index (χ3n) is 1.83. The van der Waals surface area contributed by atoms with Crippen LogP contribution in [0.15, 0.2) is 10.7 Å². The molecule has 0 amide bonds. The first-order chi connectivity index (χ1) is 8.27. The van der Waals surface area contributed by atoms with Crippen molar-refractivity contribution < 1.29 is 14.2 Å². The largest absolute Gasteiger partial charge is 0.474 e. The van der Waals surface area contributed by atoms with Crippen LogP contribution in [0.1, 0.15) is 0 Å². The summed E-state index contributed by atoms with van der Waals surface area (Å²) in [4.78, 5) is 8.18. The van der Waals surface area contributed by atoms with E-state index in [1.807, 2.05) is 0 Å². The van der Waals surface area contributed by atoms with E-state index in [4.69, 9.17) is 14.2 Å². The first-order valence-corrected chi connectivity index (χ1v) is 5.97. The lowest BCUT2D eigenvalue weighted by Crippen LogP contribution is -2.11. The normalized spacial score (nSPS) is 10.3. The summed E-state index contributed by atoms with van der Waals surface area (Å²) in [6, 6.07) is 0. The SMILES string of the molecule is CNc1ncc(Br)c(OCCOCCOC)n1. The molecule has 7 heteroatoms. The van der Waals surface area contributed by atoms with Crippen molar-refractivity contribution in [3.8, 4) is 5.88 Å². The van der Waals surface area contributed by atoms with Gasteiger partial charge in [0.15, 0.2) is 0 Å². The second kappa shape index (κ2) is 8.21. The summed E-state index contributed by atoms with van der Waals surface area (Å²) in [5, 5.41) is 2.84. The number of hydrogen-bond donors (Lipinski definition) is 1. The van der Waals surface area contributed by atoms with E-state index < -0.39 is 0 Å². The van der Waals surface area contributed by atoms with Crippen LogP contribution in [0.4, 0.5) is 5.95 Å². The molecule has 0 saturated heterocycles. The fourth-order valence-corrected chi connectivity index (χ4v) is 1.32. The van der Waals surface area contributed by atoms with Gasteiger partial charge in [-0.05, 0) is 15.9 Å². The number of nitrogens with one attached hydrogen (secondary N) is 1. The lowest BCUT2D eigenvalue weighted by Gasteiger charge is -2.08. The van der Waals surface area contributed by atoms with Gasteiger partial charge >= 0.3 is 0 Å². The van der Waals surface area contributed by atoms with Gasteiger partial charge in [-0.2, -0.15) is 4.98 Å². The second-order valence-electron chi connectivity index (χ2n) is 3.05. The highest BCUT2D eigenvalue weighted by Gasteiger charge is 2.05. The van der Waals surface area contributed by atoms with Gasteiger partial charge in [0.25, 0.3) is 0 Å². The van der Waals surface area contributed by atoms with Gasteiger partial charge in [-0.1, -0.05) is 0 Å². The summed E-state index contributed by atoms with van der Waals surface area (Å²) in [5.41, 5.74) is 0. The molecule has 1 heterocycles. The van der Waals surface area contributed by atoms with Gasteiger partial charge in [-0.25, -0.2) is 4.98 Å². The van der Waals surface area contributed by atoms with Crippen LogP contribution in [-0.2, 0) is 9.47 Å². The van der Waals surface area contributed by atoms with Gasteiger partial charge in [-0.15, -0.1) is 0 Å². The molecule has 96 valence electrons. The fraction of sp³-hybridized carbons (Fsp3) is 0.600. The molecule has 0 aliphatic rings. The van der Waals surface area contributed by atoms with Gasteiger partial charge in [0.05, 0.1) is 30.5 Å². The van der Waals surface area contributed by atoms with Gasteiger partial charge in [0.1, 0.15) is 6.61 Å². The lowest BCUT2D eigenvalue weighted by molar-refractivity contribution is 0.0535. The Kier molecular flexibility index (Phi) is 6.83. The number of hydrogen-bond acceptors (Lipinski definition) is 6. The van der Waals surface area contributed by atoms with Gasteiger partial charge in [0, 0.05) is 14.2 Å². The third-order valence-corrected chi connectivity index (χ3v) is 2.38. The van der Waals surface area contributed by atoms with Crippen molar-refractivity contribution in [2.24, 2.45) is 0 Å². The van der Waals surface area contributed by atoms with E-state index in [0.29, 0.717) is 42.7 Å². The molecule has 1 rings (SSSR count). The molecular formula is C10H16BrN3O3. The number of ether oxygens (including phenoxy) is 3. The van der Waals surface area contributed by atoms with Crippen molar-refractivity contribution in [2.45, 2.75) is 0 Å². The number of aromatic nitrogens is 2. The molecule has 0 atom stereocenters. The zero-order valence-corrected chi connectivity index (χ0v) is 11.5. The second-order valence-corrected chi connectivity index (χ2v) is 3.90. The minimum absolute atomic E-state index is 0.433. The molecule has 0 aliphatic carbocycles. The number of methoxy groups -OCH3 is 1. The predicted molar refractivity (Wildman–Crippen MR) is 67.5 cm³/mol. The minimum Gasteiger partial charge on any atom is -0.474 e. The topological polar surface area (TPSA) is 65.5 Å². The fourth-order valence-electron chi connectivity index (χ4n) is 1.01. The average molecular weight is 306 g/mol. The monoisotopic (exact) mass is 305 g/mol. The van der Waals surface area contributed by atoms with Crippen molar-refractivity contribution in [3.05, 3.63) is 10.7 Å². The Balaban J connectivity index is 2.30. The number of nitrogens with zero attached hydrogens (tertiary/aromatic N) is 2. The summed E-state index contributed by atoms with van der Waals surface area (Å²) in [7, 11) is 3.39. The number of rotatable bonds is 8. The van der Waals surface area contributed by atoms with Crippen LogP contribution in [0.2, 0.25) is 0 Å². The molecule has 6 nitrogen and oxygen atoms in total. The molecule has 0 aliphatic heterocycles. The zero-order chi connectivity index (χ0) is 12.5. The van der Waals surface area contributed by atoms with Crippen LogP contribution >= 0.6 is 15.9 Å². The highest BCUT2D eigenvalue weighted by molar-refractivity contribution is 9.10. The van der Waals surface area contributed by atoms with Crippen molar-refractivity contribution >= 4 is 21.9 Å². The third kappa shape index (κ3) is 5.29. The molecule has 0 saturated carbocycles. The van der Waals surface area contributed by atoms with Crippen LogP contribution in [-0.4, -0.2) is 50.6 Å². The predicted octanol–water partition coefficient (Wildman–Crippen LogP) is 1.32. The summed E-state index contributed by atoms with van der Waals surface area (Å²) in [6.45, 7) is 2.07. The average Bonchev–Trinajstić information content (AvgIpc) is 2.35. The van der Waals surface area contributed by atoms with Crippen LogP contribution in [0.5, 0.6) is 5.88 Å². The van der Waals surface area contributed by atoms with Crippen molar-refractivity contribution in [1.82, 2.24) is 9.97 Å². The maximum absolute atomic E-state index is 5.46. The van der Waals surface area contributed by atoms with Crippen molar-refractivity contribution in [2.75, 3.05) is 45.9 Å². The molecule has 0 unspecified atom stereocenters. The Bertz CT molecular complexity index is 339. The lowest BCUT2D eigenvalue weighted by atomic mass is 10.6. The number of anilines is 1. The van der Waals surface area contributed by atoms with E-state index in [2.05, 4.69) is 31.2 Å². The molecule has 0 bridgehead atoms. The highest BCUT2D eigenvalue weighted by atomic mass is 79.9. The van der Waals surface area contributed by atoms with E-state index in [1.165, 1.54) is 0 Å². The zero-order valence-electron chi connectivity index (χ0n) is 9.90. The van der Waals surface area contributed by atoms with E-state index in [0.717, 1.165) is 0 Å². The Morgan fingerprint density at radius 1 is 1.29 bits per heavy atom. The van der Waals surface area contributed by atoms with E-state index >= 15 is 0 Å². The molecule has 1 aromatic heterocycles. The maximum Gasteiger partial charge on any atom is 0.232 e. The Labute approximate surface area is 109 Å². The standard InChI is InChI=1S/C10H16BrN3O3/c1-12-10-13-7-8(11)9(14-10)17-6-5-16-4-3-15-2/h7H,3-6H2,1-2H3,(H,12,13,14). The van der Waals surface area contributed by atoms with Gasteiger partial charge in [-0.3, -0.25) is 0 Å². The molecule has 0 aromatic carbocycles. The summed E-state index contributed by atoms with van der Waals surface area (Å²) in [5.74, 6) is 1.02. The van der Waals surface area contributed by atoms with Crippen LogP contribution in [0, 0.1) is 0 Å². The molecule has 0 spiro atoms. The molecule has 1 N–H and O–H groups in total. The molecule has 1 aromatic rings. The van der Waals surface area contributed by atoms with Gasteiger partial charge < -0.3 is 19.5 Å². The molecule has 17 heavy (non-hydrogen) atoms.